The van der Waals surface area contributed by atoms with Crippen LogP contribution in [0.2, 0.25) is 0 Å². The third kappa shape index (κ3) is 4.41. The molecule has 2 aromatic carbocycles. The van der Waals surface area contributed by atoms with Gasteiger partial charge in [0.05, 0.1) is 5.56 Å². The van der Waals surface area contributed by atoms with Crippen molar-refractivity contribution in [1.29, 1.82) is 0 Å². The molecule has 0 fully saturated rings. The molecule has 0 aliphatic heterocycles. The topological polar surface area (TPSA) is 76.0 Å². The van der Waals surface area contributed by atoms with Crippen molar-refractivity contribution in [3.8, 4) is 11.3 Å². The van der Waals surface area contributed by atoms with Gasteiger partial charge in [-0.3, -0.25) is 14.3 Å². The predicted octanol–water partition coefficient (Wildman–Crippen LogP) is 2.42. The van der Waals surface area contributed by atoms with Crippen molar-refractivity contribution in [2.24, 2.45) is 7.05 Å². The number of aromatic nitrogens is 2. The fourth-order valence-corrected chi connectivity index (χ4v) is 2.89. The smallest absolute Gasteiger partial charge is 0.255 e. The minimum absolute atomic E-state index is 0.122. The quantitative estimate of drug-likeness (QED) is 0.707. The zero-order chi connectivity index (χ0) is 19.2. The number of carbonyl (C=O) groups excluding carboxylic acids is 2. The van der Waals surface area contributed by atoms with Gasteiger partial charge in [-0.1, -0.05) is 42.5 Å². The molecule has 0 radical (unpaired) electrons. The zero-order valence-corrected chi connectivity index (χ0v) is 15.4. The molecule has 3 rings (SSSR count). The van der Waals surface area contributed by atoms with Gasteiger partial charge in [-0.25, -0.2) is 0 Å². The standard InChI is InChI=1S/C21H22N4O2/c1-22-20(26)17-10-6-7-15(13-17)11-12-23-21(27)18-14-25(2)24-19(18)16-8-4-3-5-9-16/h3-10,13-14H,11-12H2,1-2H3,(H,22,26)(H,23,27). The first kappa shape index (κ1) is 18.4. The Hall–Kier alpha value is -3.41. The lowest BCUT2D eigenvalue weighted by atomic mass is 10.1. The summed E-state index contributed by atoms with van der Waals surface area (Å²) in [4.78, 5) is 24.4. The Kier molecular flexibility index (Phi) is 5.66. The SMILES string of the molecule is CNC(=O)c1cccc(CCNC(=O)c2cn(C)nc2-c2ccccc2)c1. The van der Waals surface area contributed by atoms with Crippen LogP contribution in [0.1, 0.15) is 26.3 Å². The zero-order valence-electron chi connectivity index (χ0n) is 15.4. The van der Waals surface area contributed by atoms with E-state index in [9.17, 15) is 9.59 Å². The van der Waals surface area contributed by atoms with E-state index in [1.165, 1.54) is 0 Å². The van der Waals surface area contributed by atoms with Crippen LogP contribution in [0.5, 0.6) is 0 Å². The summed E-state index contributed by atoms with van der Waals surface area (Å²) in [7, 11) is 3.40. The van der Waals surface area contributed by atoms with E-state index in [1.54, 1.807) is 31.0 Å². The van der Waals surface area contributed by atoms with Crippen LogP contribution in [-0.2, 0) is 13.5 Å². The van der Waals surface area contributed by atoms with Gasteiger partial charge in [0, 0.05) is 38.0 Å². The van der Waals surface area contributed by atoms with Gasteiger partial charge in [-0.15, -0.1) is 0 Å². The summed E-state index contributed by atoms with van der Waals surface area (Å²) < 4.78 is 1.64. The van der Waals surface area contributed by atoms with E-state index in [0.717, 1.165) is 11.1 Å². The number of hydrogen-bond donors (Lipinski definition) is 2. The molecule has 3 aromatic rings. The number of rotatable bonds is 6. The summed E-state index contributed by atoms with van der Waals surface area (Å²) in [5.41, 5.74) is 3.72. The summed E-state index contributed by atoms with van der Waals surface area (Å²) in [6, 6.07) is 17.0. The van der Waals surface area contributed by atoms with Crippen molar-refractivity contribution in [1.82, 2.24) is 20.4 Å². The monoisotopic (exact) mass is 362 g/mol. The lowest BCUT2D eigenvalue weighted by molar-refractivity contribution is 0.0948. The van der Waals surface area contributed by atoms with Gasteiger partial charge in [0.2, 0.25) is 0 Å². The Labute approximate surface area is 158 Å². The molecule has 6 nitrogen and oxygen atoms in total. The maximum absolute atomic E-state index is 12.6. The van der Waals surface area contributed by atoms with Crippen LogP contribution in [0, 0.1) is 0 Å². The highest BCUT2D eigenvalue weighted by atomic mass is 16.2. The van der Waals surface area contributed by atoms with Gasteiger partial charge >= 0.3 is 0 Å². The van der Waals surface area contributed by atoms with Crippen molar-refractivity contribution in [3.05, 3.63) is 77.5 Å². The minimum Gasteiger partial charge on any atom is -0.355 e. The number of hydrogen-bond acceptors (Lipinski definition) is 3. The van der Waals surface area contributed by atoms with Gasteiger partial charge in [0.1, 0.15) is 5.69 Å². The second-order valence-electron chi connectivity index (χ2n) is 6.22. The van der Waals surface area contributed by atoms with Crippen LogP contribution in [0.4, 0.5) is 0 Å². The van der Waals surface area contributed by atoms with E-state index in [-0.39, 0.29) is 11.8 Å². The Morgan fingerprint density at radius 3 is 2.56 bits per heavy atom. The third-order valence-electron chi connectivity index (χ3n) is 4.24. The van der Waals surface area contributed by atoms with E-state index in [1.807, 2.05) is 48.5 Å². The second kappa shape index (κ2) is 8.31. The van der Waals surface area contributed by atoms with E-state index in [0.29, 0.717) is 29.8 Å². The Balaban J connectivity index is 1.66. The summed E-state index contributed by atoms with van der Waals surface area (Å²) in [6.45, 7) is 0.471. The molecule has 6 heteroatoms. The number of amides is 2. The normalized spacial score (nSPS) is 10.4. The number of nitrogens with one attached hydrogen (secondary N) is 2. The Morgan fingerprint density at radius 1 is 1.04 bits per heavy atom. The molecule has 27 heavy (non-hydrogen) atoms. The fraction of sp³-hybridized carbons (Fsp3) is 0.190. The number of nitrogens with zero attached hydrogens (tertiary/aromatic N) is 2. The molecule has 0 unspecified atom stereocenters. The molecule has 0 aliphatic rings. The van der Waals surface area contributed by atoms with Crippen molar-refractivity contribution < 1.29 is 9.59 Å². The van der Waals surface area contributed by atoms with Gasteiger partial charge in [-0.2, -0.15) is 5.10 Å². The van der Waals surface area contributed by atoms with E-state index in [2.05, 4.69) is 15.7 Å². The van der Waals surface area contributed by atoms with Crippen molar-refractivity contribution in [3.63, 3.8) is 0 Å². The number of carbonyl (C=O) groups is 2. The van der Waals surface area contributed by atoms with Crippen LogP contribution in [0.15, 0.2) is 60.8 Å². The average molecular weight is 362 g/mol. The van der Waals surface area contributed by atoms with Crippen LogP contribution in [-0.4, -0.2) is 35.2 Å². The summed E-state index contributed by atoms with van der Waals surface area (Å²) in [6.07, 6.45) is 2.36. The van der Waals surface area contributed by atoms with Crippen LogP contribution < -0.4 is 10.6 Å². The summed E-state index contributed by atoms with van der Waals surface area (Å²) >= 11 is 0. The van der Waals surface area contributed by atoms with Crippen LogP contribution in [0.3, 0.4) is 0 Å². The largest absolute Gasteiger partial charge is 0.355 e. The molecule has 2 N–H and O–H groups in total. The summed E-state index contributed by atoms with van der Waals surface area (Å²) in [5, 5.41) is 9.97. The Bertz CT molecular complexity index is 948. The molecule has 0 saturated carbocycles. The van der Waals surface area contributed by atoms with Crippen LogP contribution in [0.25, 0.3) is 11.3 Å². The highest BCUT2D eigenvalue weighted by Crippen LogP contribution is 2.21. The predicted molar refractivity (Wildman–Crippen MR) is 105 cm³/mol. The molecule has 1 heterocycles. The maximum Gasteiger partial charge on any atom is 0.255 e. The number of aryl methyl sites for hydroxylation is 1. The van der Waals surface area contributed by atoms with Gasteiger partial charge < -0.3 is 10.6 Å². The highest BCUT2D eigenvalue weighted by Gasteiger charge is 2.16. The maximum atomic E-state index is 12.6. The molecule has 138 valence electrons. The molecular formula is C21H22N4O2. The van der Waals surface area contributed by atoms with Gasteiger partial charge in [-0.05, 0) is 24.1 Å². The van der Waals surface area contributed by atoms with E-state index in [4.69, 9.17) is 0 Å². The first-order chi connectivity index (χ1) is 13.1. The lowest BCUT2D eigenvalue weighted by Crippen LogP contribution is -2.26. The molecule has 0 aliphatic carbocycles. The van der Waals surface area contributed by atoms with Gasteiger partial charge in [0.15, 0.2) is 0 Å². The van der Waals surface area contributed by atoms with Gasteiger partial charge in [0.25, 0.3) is 11.8 Å². The fourth-order valence-electron chi connectivity index (χ4n) is 2.89. The molecule has 0 spiro atoms. The molecule has 0 bridgehead atoms. The van der Waals surface area contributed by atoms with Crippen molar-refractivity contribution in [2.45, 2.75) is 6.42 Å². The summed E-state index contributed by atoms with van der Waals surface area (Å²) in [5.74, 6) is -0.284. The van der Waals surface area contributed by atoms with E-state index < -0.39 is 0 Å². The second-order valence-corrected chi connectivity index (χ2v) is 6.22. The first-order valence-corrected chi connectivity index (χ1v) is 8.77. The molecule has 1 aromatic heterocycles. The van der Waals surface area contributed by atoms with E-state index >= 15 is 0 Å². The number of benzene rings is 2. The van der Waals surface area contributed by atoms with Crippen LogP contribution >= 0.6 is 0 Å². The molecule has 0 saturated heterocycles. The molecule has 2 amide bonds. The Morgan fingerprint density at radius 2 is 1.81 bits per heavy atom. The highest BCUT2D eigenvalue weighted by molar-refractivity contribution is 5.99. The van der Waals surface area contributed by atoms with Crippen molar-refractivity contribution >= 4 is 11.8 Å². The lowest BCUT2D eigenvalue weighted by Gasteiger charge is -2.07. The van der Waals surface area contributed by atoms with Crippen molar-refractivity contribution in [2.75, 3.05) is 13.6 Å². The third-order valence-corrected chi connectivity index (χ3v) is 4.24. The molecule has 0 atom stereocenters. The molecular weight excluding hydrogens is 340 g/mol. The first-order valence-electron chi connectivity index (χ1n) is 8.77. The minimum atomic E-state index is -0.163. The average Bonchev–Trinajstić information content (AvgIpc) is 3.10.